The molecule has 0 saturated heterocycles. The molecule has 1 N–H and O–H groups in total. The van der Waals surface area contributed by atoms with Crippen LogP contribution in [0.1, 0.15) is 25.0 Å². The lowest BCUT2D eigenvalue weighted by atomic mass is 9.99. The van der Waals surface area contributed by atoms with Crippen LogP contribution in [0.25, 0.3) is 11.1 Å². The number of halogens is 2. The molecule has 0 bridgehead atoms. The molecule has 0 atom stereocenters. The summed E-state index contributed by atoms with van der Waals surface area (Å²) >= 11 is 1.14. The number of aryl methyl sites for hydroxylation is 1. The fourth-order valence-corrected chi connectivity index (χ4v) is 3.29. The molecule has 3 nitrogen and oxygen atoms in total. The van der Waals surface area contributed by atoms with Crippen molar-refractivity contribution < 1.29 is 13.5 Å². The molecule has 0 spiro atoms. The van der Waals surface area contributed by atoms with Gasteiger partial charge in [-0.1, -0.05) is 26.0 Å². The molecule has 0 aliphatic carbocycles. The normalized spacial score (nSPS) is 9.83. The Morgan fingerprint density at radius 2 is 1.62 bits per heavy atom. The summed E-state index contributed by atoms with van der Waals surface area (Å²) in [5, 5.41) is 8.97. The Balaban J connectivity index is 0.00000145. The molecule has 0 amide bonds. The van der Waals surface area contributed by atoms with Gasteiger partial charge >= 0.3 is 0 Å². The van der Waals surface area contributed by atoms with Gasteiger partial charge in [-0.05, 0) is 78.0 Å². The van der Waals surface area contributed by atoms with E-state index < -0.39 is 5.82 Å². The van der Waals surface area contributed by atoms with E-state index in [1.807, 2.05) is 44.2 Å². The lowest BCUT2D eigenvalue weighted by molar-refractivity contribution is 0.411. The van der Waals surface area contributed by atoms with Gasteiger partial charge in [0.25, 0.3) is 0 Å². The van der Waals surface area contributed by atoms with Crippen LogP contribution in [0, 0.1) is 29.9 Å². The zero-order chi connectivity index (χ0) is 21.4. The van der Waals surface area contributed by atoms with Gasteiger partial charge in [0.1, 0.15) is 23.5 Å². The molecule has 0 heterocycles. The van der Waals surface area contributed by atoms with Crippen molar-refractivity contribution in [3.05, 3.63) is 77.4 Å². The second-order valence-corrected chi connectivity index (χ2v) is 6.69. The molecule has 29 heavy (non-hydrogen) atoms. The number of nitrogens with zero attached hydrogens (tertiary/aromatic N) is 1. The summed E-state index contributed by atoms with van der Waals surface area (Å²) in [6, 6.07) is 16.9. The molecule has 3 aromatic carbocycles. The Bertz CT molecular complexity index is 991. The van der Waals surface area contributed by atoms with Crippen molar-refractivity contribution in [1.82, 2.24) is 0 Å². The van der Waals surface area contributed by atoms with E-state index in [4.69, 9.17) is 10.00 Å². The standard InChI is InChI=1S/C21H16F2N2OS.C2H6/c1-13-9-15(10-20(23)18(13)12-24)14-3-5-16(6-4-14)25-27-21-11-17(26-2)7-8-19(21)22;1-2/h3-11,25H,1-2H3;1-2H3. The van der Waals surface area contributed by atoms with E-state index in [1.54, 1.807) is 25.1 Å². The molecule has 0 saturated carbocycles. The Hall–Kier alpha value is -3.04. The fourth-order valence-electron chi connectivity index (χ4n) is 2.59. The minimum atomic E-state index is -0.529. The van der Waals surface area contributed by atoms with Crippen molar-refractivity contribution in [2.45, 2.75) is 25.7 Å². The van der Waals surface area contributed by atoms with Crippen LogP contribution in [0.4, 0.5) is 14.5 Å². The third-order valence-electron chi connectivity index (χ3n) is 4.03. The van der Waals surface area contributed by atoms with Gasteiger partial charge in [-0.2, -0.15) is 5.26 Å². The van der Waals surface area contributed by atoms with Crippen LogP contribution in [-0.4, -0.2) is 7.11 Å². The third kappa shape index (κ3) is 5.49. The van der Waals surface area contributed by atoms with Crippen LogP contribution >= 0.6 is 11.9 Å². The predicted octanol–water partition coefficient (Wildman–Crippen LogP) is 6.97. The zero-order valence-electron chi connectivity index (χ0n) is 16.7. The van der Waals surface area contributed by atoms with Crippen molar-refractivity contribution in [3.8, 4) is 22.9 Å². The number of hydrogen-bond donors (Lipinski definition) is 1. The number of rotatable bonds is 5. The summed E-state index contributed by atoms with van der Waals surface area (Å²) in [5.41, 5.74) is 2.95. The molecule has 0 fully saturated rings. The van der Waals surface area contributed by atoms with Crippen molar-refractivity contribution in [3.63, 3.8) is 0 Å². The largest absolute Gasteiger partial charge is 0.497 e. The molecule has 6 heteroatoms. The second kappa shape index (κ2) is 10.5. The van der Waals surface area contributed by atoms with Crippen LogP contribution < -0.4 is 9.46 Å². The van der Waals surface area contributed by atoms with Gasteiger partial charge in [-0.3, -0.25) is 0 Å². The van der Waals surface area contributed by atoms with Gasteiger partial charge in [-0.15, -0.1) is 0 Å². The summed E-state index contributed by atoms with van der Waals surface area (Å²) in [6.07, 6.45) is 0. The Morgan fingerprint density at radius 3 is 2.21 bits per heavy atom. The molecule has 0 aliphatic rings. The van der Waals surface area contributed by atoms with Crippen molar-refractivity contribution in [2.24, 2.45) is 0 Å². The maximum Gasteiger partial charge on any atom is 0.141 e. The first-order chi connectivity index (χ1) is 14.0. The topological polar surface area (TPSA) is 45.0 Å². The van der Waals surface area contributed by atoms with E-state index >= 15 is 0 Å². The summed E-state index contributed by atoms with van der Waals surface area (Å²) in [6.45, 7) is 5.71. The maximum absolute atomic E-state index is 14.0. The molecular weight excluding hydrogens is 390 g/mol. The molecule has 3 aromatic rings. The number of nitriles is 1. The average Bonchev–Trinajstić information content (AvgIpc) is 2.75. The van der Waals surface area contributed by atoms with Gasteiger partial charge in [-0.25, -0.2) is 8.78 Å². The number of anilines is 1. The van der Waals surface area contributed by atoms with E-state index in [0.29, 0.717) is 21.8 Å². The monoisotopic (exact) mass is 412 g/mol. The average molecular weight is 413 g/mol. The van der Waals surface area contributed by atoms with Crippen molar-refractivity contribution in [2.75, 3.05) is 11.8 Å². The molecule has 150 valence electrons. The number of ether oxygens (including phenoxy) is 1. The van der Waals surface area contributed by atoms with Gasteiger partial charge in [0, 0.05) is 5.69 Å². The van der Waals surface area contributed by atoms with Gasteiger partial charge in [0.15, 0.2) is 0 Å². The van der Waals surface area contributed by atoms with Gasteiger partial charge < -0.3 is 9.46 Å². The van der Waals surface area contributed by atoms with Crippen LogP contribution in [0.15, 0.2) is 59.5 Å². The smallest absolute Gasteiger partial charge is 0.141 e. The van der Waals surface area contributed by atoms with Crippen molar-refractivity contribution in [1.29, 1.82) is 5.26 Å². The molecule has 0 unspecified atom stereocenters. The zero-order valence-corrected chi connectivity index (χ0v) is 17.5. The Kier molecular flexibility index (Phi) is 8.05. The SMILES string of the molecule is CC.COc1ccc(F)c(SNc2ccc(-c3cc(C)c(C#N)c(F)c3)cc2)c1. The molecule has 0 aromatic heterocycles. The quantitative estimate of drug-likeness (QED) is 0.460. The number of nitrogens with one attached hydrogen (secondary N) is 1. The van der Waals surface area contributed by atoms with Crippen molar-refractivity contribution >= 4 is 17.6 Å². The number of methoxy groups -OCH3 is 1. The molecule has 3 rings (SSSR count). The first-order valence-electron chi connectivity index (χ1n) is 9.09. The lowest BCUT2D eigenvalue weighted by Crippen LogP contribution is -1.92. The van der Waals surface area contributed by atoms with Gasteiger partial charge in [0.05, 0.1) is 17.6 Å². The highest BCUT2D eigenvalue weighted by Gasteiger charge is 2.09. The first-order valence-corrected chi connectivity index (χ1v) is 9.90. The summed E-state index contributed by atoms with van der Waals surface area (Å²) in [7, 11) is 1.53. The van der Waals surface area contributed by atoms with Crippen LogP contribution in [0.2, 0.25) is 0 Å². The summed E-state index contributed by atoms with van der Waals surface area (Å²) < 4.78 is 36.0. The van der Waals surface area contributed by atoms with E-state index in [2.05, 4.69) is 4.72 Å². The highest BCUT2D eigenvalue weighted by atomic mass is 32.2. The summed E-state index contributed by atoms with van der Waals surface area (Å²) in [5.74, 6) is -0.290. The molecule has 0 aliphatic heterocycles. The molecular formula is C23H22F2N2OS. The van der Waals surface area contributed by atoms with E-state index in [9.17, 15) is 8.78 Å². The highest BCUT2D eigenvalue weighted by Crippen LogP contribution is 2.29. The maximum atomic E-state index is 14.0. The minimum absolute atomic E-state index is 0.0637. The van der Waals surface area contributed by atoms with Crippen LogP contribution in [-0.2, 0) is 0 Å². The highest BCUT2D eigenvalue weighted by molar-refractivity contribution is 8.00. The Labute approximate surface area is 174 Å². The van der Waals surface area contributed by atoms with E-state index in [-0.39, 0.29) is 11.4 Å². The minimum Gasteiger partial charge on any atom is -0.497 e. The predicted molar refractivity (Wildman–Crippen MR) is 115 cm³/mol. The first kappa shape index (κ1) is 22.3. The van der Waals surface area contributed by atoms with Crippen LogP contribution in [0.5, 0.6) is 5.75 Å². The number of hydrogen-bond acceptors (Lipinski definition) is 4. The second-order valence-electron chi connectivity index (χ2n) is 5.84. The van der Waals surface area contributed by atoms with Crippen LogP contribution in [0.3, 0.4) is 0 Å². The third-order valence-corrected chi connectivity index (χ3v) is 4.91. The van der Waals surface area contributed by atoms with E-state index in [0.717, 1.165) is 23.2 Å². The summed E-state index contributed by atoms with van der Waals surface area (Å²) in [4.78, 5) is 0.420. The number of benzene rings is 3. The fraction of sp³-hybridized carbons (Fsp3) is 0.174. The van der Waals surface area contributed by atoms with E-state index in [1.165, 1.54) is 19.2 Å². The molecule has 0 radical (unpaired) electrons. The Morgan fingerprint density at radius 1 is 0.931 bits per heavy atom. The lowest BCUT2D eigenvalue weighted by Gasteiger charge is -2.10. The van der Waals surface area contributed by atoms with Gasteiger partial charge in [0.2, 0.25) is 0 Å².